The molecule has 2 rings (SSSR count). The van der Waals surface area contributed by atoms with Gasteiger partial charge in [0.05, 0.1) is 18.0 Å². The van der Waals surface area contributed by atoms with E-state index in [9.17, 15) is 8.42 Å². The number of nitrogens with one attached hydrogen (secondary N) is 1. The van der Waals surface area contributed by atoms with Crippen molar-refractivity contribution in [2.75, 3.05) is 7.11 Å². The van der Waals surface area contributed by atoms with Crippen LogP contribution in [0.4, 0.5) is 0 Å². The van der Waals surface area contributed by atoms with Crippen LogP contribution in [0.1, 0.15) is 0 Å². The summed E-state index contributed by atoms with van der Waals surface area (Å²) in [5.41, 5.74) is 0.675. The molecule has 15 heavy (non-hydrogen) atoms. The van der Waals surface area contributed by atoms with Gasteiger partial charge in [0.1, 0.15) is 10.6 Å². The molecule has 0 radical (unpaired) electrons. The van der Waals surface area contributed by atoms with Gasteiger partial charge in [0.25, 0.3) is 9.05 Å². The van der Waals surface area contributed by atoms with E-state index in [0.717, 1.165) is 0 Å². The quantitative estimate of drug-likeness (QED) is 0.825. The summed E-state index contributed by atoms with van der Waals surface area (Å²) in [6, 6.07) is 5.20. The second kappa shape index (κ2) is 3.43. The number of aromatic amines is 1. The van der Waals surface area contributed by atoms with Crippen molar-refractivity contribution in [3.05, 3.63) is 24.4 Å². The van der Waals surface area contributed by atoms with E-state index in [4.69, 9.17) is 15.4 Å². The number of rotatable bonds is 2. The molecule has 0 aliphatic heterocycles. The molecule has 0 aliphatic carbocycles. The highest BCUT2D eigenvalue weighted by atomic mass is 35.7. The fourth-order valence-corrected chi connectivity index (χ4v) is 2.50. The van der Waals surface area contributed by atoms with Crippen molar-refractivity contribution in [1.82, 2.24) is 4.98 Å². The Morgan fingerprint density at radius 2 is 2.13 bits per heavy atom. The molecule has 2 aromatic rings. The Morgan fingerprint density at radius 1 is 1.40 bits per heavy atom. The van der Waals surface area contributed by atoms with Crippen LogP contribution in [-0.2, 0) is 9.05 Å². The Labute approximate surface area is 91.2 Å². The minimum atomic E-state index is -3.76. The first kappa shape index (κ1) is 10.3. The Balaban J connectivity index is 2.89. The molecule has 1 heterocycles. The molecule has 6 heteroatoms. The monoisotopic (exact) mass is 245 g/mol. The molecule has 0 spiro atoms. The van der Waals surface area contributed by atoms with Gasteiger partial charge in [0.15, 0.2) is 0 Å². The second-order valence-corrected chi connectivity index (χ2v) is 5.51. The second-order valence-electron chi connectivity index (χ2n) is 2.97. The van der Waals surface area contributed by atoms with Crippen LogP contribution < -0.4 is 4.74 Å². The van der Waals surface area contributed by atoms with Gasteiger partial charge in [0.2, 0.25) is 0 Å². The fraction of sp³-hybridized carbons (Fsp3) is 0.111. The number of aromatic nitrogens is 1. The average Bonchev–Trinajstić information content (AvgIpc) is 2.59. The summed E-state index contributed by atoms with van der Waals surface area (Å²) in [7, 11) is 3.03. The first-order valence-corrected chi connectivity index (χ1v) is 6.43. The Hall–Kier alpha value is -1.20. The number of hydrogen-bond donors (Lipinski definition) is 1. The molecule has 1 aromatic carbocycles. The van der Waals surface area contributed by atoms with E-state index in [0.29, 0.717) is 16.7 Å². The van der Waals surface area contributed by atoms with E-state index < -0.39 is 9.05 Å². The number of ether oxygens (including phenoxy) is 1. The smallest absolute Gasteiger partial charge is 0.263 e. The molecule has 0 saturated carbocycles. The van der Waals surface area contributed by atoms with Gasteiger partial charge in [-0.15, -0.1) is 0 Å². The lowest BCUT2D eigenvalue weighted by Crippen LogP contribution is -1.90. The van der Waals surface area contributed by atoms with Gasteiger partial charge >= 0.3 is 0 Å². The third-order valence-electron chi connectivity index (χ3n) is 2.11. The average molecular weight is 246 g/mol. The van der Waals surface area contributed by atoms with Crippen molar-refractivity contribution < 1.29 is 13.2 Å². The summed E-state index contributed by atoms with van der Waals surface area (Å²) in [5, 5.41) is 0.481. The van der Waals surface area contributed by atoms with Crippen molar-refractivity contribution in [3.63, 3.8) is 0 Å². The first-order valence-electron chi connectivity index (χ1n) is 4.13. The van der Waals surface area contributed by atoms with Gasteiger partial charge in [-0.05, 0) is 12.1 Å². The molecule has 0 bridgehead atoms. The maximum atomic E-state index is 11.3. The standard InChI is InChI=1S/C9H8ClNO3S/c1-14-7-4-2-3-6-9(7)8(5-11-6)15(10,12)13/h2-5,11H,1H3. The molecule has 0 saturated heterocycles. The molecular weight excluding hydrogens is 238 g/mol. The molecule has 0 atom stereocenters. The van der Waals surface area contributed by atoms with Crippen LogP contribution in [0.25, 0.3) is 10.9 Å². The minimum absolute atomic E-state index is 0.0385. The first-order chi connectivity index (χ1) is 7.04. The number of methoxy groups -OCH3 is 1. The number of fused-ring (bicyclic) bond motifs is 1. The summed E-state index contributed by atoms with van der Waals surface area (Å²) in [4.78, 5) is 2.86. The normalized spacial score (nSPS) is 11.9. The van der Waals surface area contributed by atoms with E-state index >= 15 is 0 Å². The van der Waals surface area contributed by atoms with Crippen LogP contribution in [0.5, 0.6) is 5.75 Å². The Kier molecular flexibility index (Phi) is 2.36. The number of H-pyrrole nitrogens is 1. The van der Waals surface area contributed by atoms with Gasteiger partial charge in [-0.2, -0.15) is 0 Å². The van der Waals surface area contributed by atoms with E-state index in [-0.39, 0.29) is 4.90 Å². The molecule has 0 aliphatic rings. The van der Waals surface area contributed by atoms with E-state index in [1.165, 1.54) is 13.3 Å². The fourth-order valence-electron chi connectivity index (χ4n) is 1.48. The molecule has 4 nitrogen and oxygen atoms in total. The highest BCUT2D eigenvalue weighted by Crippen LogP contribution is 2.32. The Morgan fingerprint density at radius 3 is 2.73 bits per heavy atom. The zero-order valence-corrected chi connectivity index (χ0v) is 9.39. The van der Waals surface area contributed by atoms with Crippen LogP contribution in [0.2, 0.25) is 0 Å². The topological polar surface area (TPSA) is 59.2 Å². The molecule has 80 valence electrons. The predicted octanol–water partition coefficient (Wildman–Crippen LogP) is 2.10. The van der Waals surface area contributed by atoms with Crippen LogP contribution in [-0.4, -0.2) is 20.5 Å². The molecule has 1 N–H and O–H groups in total. The number of benzene rings is 1. The van der Waals surface area contributed by atoms with Gasteiger partial charge in [-0.25, -0.2) is 8.42 Å². The van der Waals surface area contributed by atoms with E-state index in [1.807, 2.05) is 0 Å². The van der Waals surface area contributed by atoms with Crippen molar-refractivity contribution in [3.8, 4) is 5.75 Å². The zero-order chi connectivity index (χ0) is 11.1. The Bertz CT molecular complexity index is 603. The molecule has 1 aromatic heterocycles. The largest absolute Gasteiger partial charge is 0.496 e. The lowest BCUT2D eigenvalue weighted by atomic mass is 10.2. The minimum Gasteiger partial charge on any atom is -0.496 e. The van der Waals surface area contributed by atoms with Gasteiger partial charge in [-0.3, -0.25) is 0 Å². The molecular formula is C9H8ClNO3S. The number of halogens is 1. The predicted molar refractivity (Wildman–Crippen MR) is 57.9 cm³/mol. The summed E-state index contributed by atoms with van der Waals surface area (Å²) in [5.74, 6) is 0.480. The van der Waals surface area contributed by atoms with Crippen LogP contribution >= 0.6 is 10.7 Å². The van der Waals surface area contributed by atoms with Crippen LogP contribution in [0.3, 0.4) is 0 Å². The van der Waals surface area contributed by atoms with Gasteiger partial charge in [-0.1, -0.05) is 6.07 Å². The van der Waals surface area contributed by atoms with E-state index in [2.05, 4.69) is 4.98 Å². The van der Waals surface area contributed by atoms with Crippen LogP contribution in [0, 0.1) is 0 Å². The van der Waals surface area contributed by atoms with E-state index in [1.54, 1.807) is 18.2 Å². The maximum absolute atomic E-state index is 11.3. The van der Waals surface area contributed by atoms with Gasteiger partial charge < -0.3 is 9.72 Å². The zero-order valence-electron chi connectivity index (χ0n) is 7.82. The van der Waals surface area contributed by atoms with Gasteiger partial charge in [0, 0.05) is 16.9 Å². The van der Waals surface area contributed by atoms with Crippen molar-refractivity contribution in [2.45, 2.75) is 4.90 Å². The van der Waals surface area contributed by atoms with Crippen molar-refractivity contribution >= 4 is 30.6 Å². The van der Waals surface area contributed by atoms with Crippen LogP contribution in [0.15, 0.2) is 29.3 Å². The van der Waals surface area contributed by atoms with Crippen molar-refractivity contribution in [1.29, 1.82) is 0 Å². The lowest BCUT2D eigenvalue weighted by Gasteiger charge is -2.02. The summed E-state index contributed by atoms with van der Waals surface area (Å²) >= 11 is 0. The number of hydrogen-bond acceptors (Lipinski definition) is 3. The highest BCUT2D eigenvalue weighted by molar-refractivity contribution is 8.14. The molecule has 0 fully saturated rings. The SMILES string of the molecule is COc1cccc2[nH]cc(S(=O)(=O)Cl)c12. The molecule has 0 amide bonds. The maximum Gasteiger partial charge on any atom is 0.263 e. The third-order valence-corrected chi connectivity index (χ3v) is 3.46. The van der Waals surface area contributed by atoms with Crippen molar-refractivity contribution in [2.24, 2.45) is 0 Å². The summed E-state index contributed by atoms with van der Waals surface area (Å²) in [6.07, 6.45) is 1.36. The lowest BCUT2D eigenvalue weighted by molar-refractivity contribution is 0.419. The summed E-state index contributed by atoms with van der Waals surface area (Å²) in [6.45, 7) is 0. The molecule has 0 unspecified atom stereocenters. The third kappa shape index (κ3) is 1.68. The summed E-state index contributed by atoms with van der Waals surface area (Å²) < 4.78 is 27.6. The highest BCUT2D eigenvalue weighted by Gasteiger charge is 2.18.